The van der Waals surface area contributed by atoms with E-state index in [1.807, 2.05) is 6.07 Å². The molecule has 9 heteroatoms. The maximum atomic E-state index is 14.0. The summed E-state index contributed by atoms with van der Waals surface area (Å²) in [6.45, 7) is -0.225. The first kappa shape index (κ1) is 20.9. The number of nitrogens with zero attached hydrogens (tertiary/aromatic N) is 1. The first-order valence-corrected chi connectivity index (χ1v) is 10.2. The van der Waals surface area contributed by atoms with Crippen LogP contribution in [0.5, 0.6) is 11.5 Å². The van der Waals surface area contributed by atoms with Crippen molar-refractivity contribution in [1.29, 1.82) is 0 Å². The van der Waals surface area contributed by atoms with Gasteiger partial charge in [0.1, 0.15) is 5.82 Å². The summed E-state index contributed by atoms with van der Waals surface area (Å²) >= 11 is 8.90. The van der Waals surface area contributed by atoms with Crippen molar-refractivity contribution < 1.29 is 23.5 Å². The second kappa shape index (κ2) is 8.71. The van der Waals surface area contributed by atoms with Gasteiger partial charge in [0, 0.05) is 10.6 Å². The maximum Gasteiger partial charge on any atom is 0.293 e. The lowest BCUT2D eigenvalue weighted by atomic mass is 10.1. The molecule has 1 aliphatic heterocycles. The van der Waals surface area contributed by atoms with E-state index in [0.29, 0.717) is 17.1 Å². The average Bonchev–Trinajstić information content (AvgIpc) is 2.91. The topological polar surface area (TPSA) is 55.8 Å². The van der Waals surface area contributed by atoms with Crippen LogP contribution in [-0.2, 0) is 11.3 Å². The van der Waals surface area contributed by atoms with Crippen molar-refractivity contribution in [3.63, 3.8) is 0 Å². The summed E-state index contributed by atoms with van der Waals surface area (Å²) in [7, 11) is 3.06. The zero-order valence-electron chi connectivity index (χ0n) is 14.8. The van der Waals surface area contributed by atoms with E-state index < -0.39 is 17.0 Å². The molecule has 2 aromatic carbocycles. The van der Waals surface area contributed by atoms with E-state index in [2.05, 4.69) is 22.6 Å². The van der Waals surface area contributed by atoms with Gasteiger partial charge in [0.05, 0.1) is 29.2 Å². The number of ether oxygens (including phenoxy) is 2. The van der Waals surface area contributed by atoms with Gasteiger partial charge in [-0.1, -0.05) is 17.7 Å². The second-order valence-corrected chi connectivity index (χ2v) is 8.27. The molecule has 1 heterocycles. The molecule has 146 valence electrons. The Morgan fingerprint density at radius 3 is 2.64 bits per heavy atom. The highest BCUT2D eigenvalue weighted by Crippen LogP contribution is 2.38. The molecule has 1 aliphatic rings. The minimum Gasteiger partial charge on any atom is -0.493 e. The number of hydrogen-bond donors (Lipinski definition) is 0. The van der Waals surface area contributed by atoms with Crippen LogP contribution < -0.4 is 9.47 Å². The van der Waals surface area contributed by atoms with Crippen molar-refractivity contribution >= 4 is 63.2 Å². The van der Waals surface area contributed by atoms with E-state index in [4.69, 9.17) is 21.1 Å². The summed E-state index contributed by atoms with van der Waals surface area (Å²) < 4.78 is 25.4. The van der Waals surface area contributed by atoms with Gasteiger partial charge in [0.15, 0.2) is 11.5 Å². The minimum atomic E-state index is -0.565. The predicted molar refractivity (Wildman–Crippen MR) is 115 cm³/mol. The van der Waals surface area contributed by atoms with Crippen LogP contribution in [0.25, 0.3) is 6.08 Å². The third-order valence-corrected chi connectivity index (χ3v) is 6.07. The molecule has 0 aliphatic carbocycles. The van der Waals surface area contributed by atoms with E-state index in [1.165, 1.54) is 25.3 Å². The summed E-state index contributed by atoms with van der Waals surface area (Å²) in [5, 5.41) is -0.316. The molecule has 0 bridgehead atoms. The zero-order chi connectivity index (χ0) is 20.4. The van der Waals surface area contributed by atoms with Gasteiger partial charge in [-0.2, -0.15) is 0 Å². The fraction of sp³-hybridized carbons (Fsp3) is 0.158. The van der Waals surface area contributed by atoms with E-state index in [0.717, 1.165) is 20.2 Å². The number of rotatable bonds is 5. The second-order valence-electron chi connectivity index (χ2n) is 5.71. The zero-order valence-corrected chi connectivity index (χ0v) is 18.5. The number of hydrogen-bond acceptors (Lipinski definition) is 5. The fourth-order valence-corrected chi connectivity index (χ4v) is 4.56. The van der Waals surface area contributed by atoms with Crippen LogP contribution in [0, 0.1) is 9.39 Å². The first-order chi connectivity index (χ1) is 13.3. The number of amides is 2. The lowest BCUT2D eigenvalue weighted by Gasteiger charge is -2.14. The van der Waals surface area contributed by atoms with Gasteiger partial charge in [-0.25, -0.2) is 4.39 Å². The van der Waals surface area contributed by atoms with E-state index in [9.17, 15) is 14.0 Å². The molecule has 0 radical (unpaired) electrons. The Hall–Kier alpha value is -1.78. The standard InChI is InChI=1S/C19H14ClFINO4S/c1-26-15-7-10(6-14(22)17(15)27-2)8-16-18(24)23(19(25)28-16)9-11-12(20)4-3-5-13(11)21/h3-8H,9H2,1-2H3/b16-8+. The highest BCUT2D eigenvalue weighted by molar-refractivity contribution is 14.1. The molecule has 0 unspecified atom stereocenters. The molecular formula is C19H14ClFINO4S. The highest BCUT2D eigenvalue weighted by atomic mass is 127. The van der Waals surface area contributed by atoms with Gasteiger partial charge in [-0.3, -0.25) is 14.5 Å². The predicted octanol–water partition coefficient (Wildman–Crippen LogP) is 5.34. The Morgan fingerprint density at radius 1 is 1.25 bits per heavy atom. The van der Waals surface area contributed by atoms with Crippen LogP contribution in [0.15, 0.2) is 35.2 Å². The third kappa shape index (κ3) is 4.13. The minimum absolute atomic E-state index is 0.105. The number of carbonyl (C=O) groups is 2. The molecular weight excluding hydrogens is 520 g/mol. The molecule has 2 aromatic rings. The van der Waals surface area contributed by atoms with Gasteiger partial charge in [-0.05, 0) is 70.3 Å². The summed E-state index contributed by atoms with van der Waals surface area (Å²) in [6, 6.07) is 7.74. The SMILES string of the molecule is COc1cc(/C=C2/SC(=O)N(Cc3c(F)cccc3Cl)C2=O)cc(I)c1OC. The molecule has 0 atom stereocenters. The summed E-state index contributed by atoms with van der Waals surface area (Å²) in [6.07, 6.45) is 1.60. The lowest BCUT2D eigenvalue weighted by molar-refractivity contribution is -0.123. The smallest absolute Gasteiger partial charge is 0.293 e. The average molecular weight is 534 g/mol. The Bertz CT molecular complexity index is 978. The molecule has 0 saturated carbocycles. The van der Waals surface area contributed by atoms with Crippen LogP contribution in [0.3, 0.4) is 0 Å². The van der Waals surface area contributed by atoms with Crippen molar-refractivity contribution in [2.75, 3.05) is 14.2 Å². The van der Waals surface area contributed by atoms with Gasteiger partial charge >= 0.3 is 0 Å². The summed E-state index contributed by atoms with van der Waals surface area (Å²) in [4.78, 5) is 26.2. The van der Waals surface area contributed by atoms with Gasteiger partial charge in [0.2, 0.25) is 0 Å². The van der Waals surface area contributed by atoms with Crippen molar-refractivity contribution in [2.45, 2.75) is 6.54 Å². The molecule has 0 spiro atoms. The number of halogens is 3. The van der Waals surface area contributed by atoms with Crippen molar-refractivity contribution in [1.82, 2.24) is 4.90 Å². The maximum absolute atomic E-state index is 14.0. The van der Waals surface area contributed by atoms with Crippen molar-refractivity contribution in [2.24, 2.45) is 0 Å². The van der Waals surface area contributed by atoms with E-state index in [1.54, 1.807) is 19.3 Å². The Balaban J connectivity index is 1.90. The van der Waals surface area contributed by atoms with Gasteiger partial charge in [0.25, 0.3) is 11.1 Å². The summed E-state index contributed by atoms with van der Waals surface area (Å²) in [5.74, 6) is 0.0321. The van der Waals surface area contributed by atoms with Crippen LogP contribution >= 0.6 is 46.0 Å². The van der Waals surface area contributed by atoms with Crippen LogP contribution in [-0.4, -0.2) is 30.3 Å². The number of benzene rings is 2. The quantitative estimate of drug-likeness (QED) is 0.384. The number of methoxy groups -OCH3 is 2. The van der Waals surface area contributed by atoms with Crippen LogP contribution in [0.2, 0.25) is 5.02 Å². The molecule has 3 rings (SSSR count). The first-order valence-electron chi connectivity index (χ1n) is 7.95. The molecule has 1 fully saturated rings. The molecule has 0 N–H and O–H groups in total. The Morgan fingerprint density at radius 2 is 2.00 bits per heavy atom. The van der Waals surface area contributed by atoms with Crippen LogP contribution in [0.4, 0.5) is 9.18 Å². The number of thioether (sulfide) groups is 1. The molecule has 0 aromatic heterocycles. The van der Waals surface area contributed by atoms with Crippen LogP contribution in [0.1, 0.15) is 11.1 Å². The van der Waals surface area contributed by atoms with E-state index >= 15 is 0 Å². The molecule has 1 saturated heterocycles. The Kier molecular flexibility index (Phi) is 6.51. The van der Waals surface area contributed by atoms with E-state index in [-0.39, 0.29) is 22.0 Å². The normalized spacial score (nSPS) is 15.5. The van der Waals surface area contributed by atoms with Gasteiger partial charge in [-0.15, -0.1) is 0 Å². The Labute approximate surface area is 184 Å². The van der Waals surface area contributed by atoms with Gasteiger partial charge < -0.3 is 9.47 Å². The number of imide groups is 1. The number of carbonyl (C=O) groups excluding carboxylic acids is 2. The van der Waals surface area contributed by atoms with Crippen molar-refractivity contribution in [3.05, 3.63) is 60.8 Å². The third-order valence-electron chi connectivity index (χ3n) is 4.01. The fourth-order valence-electron chi connectivity index (χ4n) is 2.65. The van der Waals surface area contributed by atoms with Crippen molar-refractivity contribution in [3.8, 4) is 11.5 Å². The summed E-state index contributed by atoms with van der Waals surface area (Å²) in [5.41, 5.74) is 0.782. The largest absolute Gasteiger partial charge is 0.493 e. The lowest BCUT2D eigenvalue weighted by Crippen LogP contribution is -2.28. The highest BCUT2D eigenvalue weighted by Gasteiger charge is 2.36. The molecule has 5 nitrogen and oxygen atoms in total. The molecule has 28 heavy (non-hydrogen) atoms. The monoisotopic (exact) mass is 533 g/mol. The molecule has 2 amide bonds.